The molecule has 0 N–H and O–H groups in total. The van der Waals surface area contributed by atoms with Crippen molar-refractivity contribution < 1.29 is 14.2 Å². The van der Waals surface area contributed by atoms with Crippen LogP contribution >= 0.6 is 11.6 Å². The highest BCUT2D eigenvalue weighted by molar-refractivity contribution is 6.32. The lowest BCUT2D eigenvalue weighted by atomic mass is 10.2. The third kappa shape index (κ3) is 2.49. The van der Waals surface area contributed by atoms with Crippen LogP contribution in [0.15, 0.2) is 36.4 Å². The number of ether oxygens (including phenoxy) is 3. The van der Waals surface area contributed by atoms with E-state index in [4.69, 9.17) is 31.1 Å². The molecule has 0 spiro atoms. The van der Waals surface area contributed by atoms with Crippen molar-refractivity contribution in [2.24, 2.45) is 0 Å². The molecule has 1 aliphatic rings. The molecule has 1 heterocycles. The lowest BCUT2D eigenvalue weighted by Gasteiger charge is -2.08. The lowest BCUT2D eigenvalue weighted by molar-refractivity contribution is 0.174. The molecule has 0 unspecified atom stereocenters. The van der Waals surface area contributed by atoms with E-state index in [1.807, 2.05) is 24.3 Å². The van der Waals surface area contributed by atoms with Crippen LogP contribution in [-0.2, 0) is 6.61 Å². The number of halogens is 1. The molecule has 4 nitrogen and oxygen atoms in total. The normalized spacial score (nSPS) is 12.0. The van der Waals surface area contributed by atoms with Gasteiger partial charge >= 0.3 is 0 Å². The molecule has 2 aromatic rings. The van der Waals surface area contributed by atoms with Gasteiger partial charge in [0, 0.05) is 0 Å². The first-order chi connectivity index (χ1) is 9.76. The second-order valence-electron chi connectivity index (χ2n) is 4.23. The summed E-state index contributed by atoms with van der Waals surface area (Å²) in [6.45, 7) is 0.614. The predicted molar refractivity (Wildman–Crippen MR) is 73.1 cm³/mol. The summed E-state index contributed by atoms with van der Waals surface area (Å²) in [5, 5.41) is 9.20. The fraction of sp³-hybridized carbons (Fsp3) is 0.133. The quantitative estimate of drug-likeness (QED) is 0.867. The second kappa shape index (κ2) is 5.32. The van der Waals surface area contributed by atoms with Gasteiger partial charge in [-0.2, -0.15) is 5.26 Å². The van der Waals surface area contributed by atoms with E-state index >= 15 is 0 Å². The summed E-state index contributed by atoms with van der Waals surface area (Å²) < 4.78 is 16.2. The summed E-state index contributed by atoms with van der Waals surface area (Å²) in [4.78, 5) is 0. The molecule has 0 amide bonds. The van der Waals surface area contributed by atoms with Gasteiger partial charge in [0.15, 0.2) is 11.5 Å². The Bertz CT molecular complexity index is 694. The summed E-state index contributed by atoms with van der Waals surface area (Å²) in [7, 11) is 0. The third-order valence-corrected chi connectivity index (χ3v) is 3.19. The fourth-order valence-electron chi connectivity index (χ4n) is 1.88. The van der Waals surface area contributed by atoms with E-state index in [1.165, 1.54) is 0 Å². The van der Waals surface area contributed by atoms with Crippen LogP contribution < -0.4 is 14.2 Å². The van der Waals surface area contributed by atoms with E-state index < -0.39 is 0 Å². The zero-order valence-corrected chi connectivity index (χ0v) is 11.2. The Labute approximate surface area is 121 Å². The number of fused-ring (bicyclic) bond motifs is 1. The standard InChI is InChI=1S/C15H10ClNO3/c16-12-5-10(7-17)1-3-13(12)18-8-11-2-4-14-15(6-11)20-9-19-14/h1-6H,8-9H2. The van der Waals surface area contributed by atoms with Crippen LogP contribution in [-0.4, -0.2) is 6.79 Å². The van der Waals surface area contributed by atoms with Crippen LogP contribution in [0.4, 0.5) is 0 Å². The second-order valence-corrected chi connectivity index (χ2v) is 4.64. The van der Waals surface area contributed by atoms with Crippen molar-refractivity contribution in [3.05, 3.63) is 52.5 Å². The smallest absolute Gasteiger partial charge is 0.231 e. The van der Waals surface area contributed by atoms with Crippen LogP contribution in [0.5, 0.6) is 17.2 Å². The Balaban J connectivity index is 1.72. The molecule has 20 heavy (non-hydrogen) atoms. The van der Waals surface area contributed by atoms with Gasteiger partial charge in [0.2, 0.25) is 6.79 Å². The van der Waals surface area contributed by atoms with Gasteiger partial charge in [-0.3, -0.25) is 0 Å². The fourth-order valence-corrected chi connectivity index (χ4v) is 2.11. The molecule has 3 rings (SSSR count). The first kappa shape index (κ1) is 12.6. The molecular weight excluding hydrogens is 278 g/mol. The summed E-state index contributed by atoms with van der Waals surface area (Å²) in [6, 6.07) is 12.6. The number of nitriles is 1. The van der Waals surface area contributed by atoms with Crippen molar-refractivity contribution >= 4 is 11.6 Å². The molecule has 0 saturated carbocycles. The molecule has 1 aliphatic heterocycles. The molecule has 0 aliphatic carbocycles. The van der Waals surface area contributed by atoms with Crippen molar-refractivity contribution in [3.63, 3.8) is 0 Å². The van der Waals surface area contributed by atoms with Crippen LogP contribution in [0.25, 0.3) is 0 Å². The molecule has 2 aromatic carbocycles. The number of hydrogen-bond acceptors (Lipinski definition) is 4. The van der Waals surface area contributed by atoms with E-state index in [-0.39, 0.29) is 6.79 Å². The Morgan fingerprint density at radius 1 is 1.15 bits per heavy atom. The molecule has 0 aromatic heterocycles. The Hall–Kier alpha value is -2.38. The molecule has 0 bridgehead atoms. The topological polar surface area (TPSA) is 51.5 Å². The predicted octanol–water partition coefficient (Wildman–Crippen LogP) is 3.52. The lowest BCUT2D eigenvalue weighted by Crippen LogP contribution is -1.96. The van der Waals surface area contributed by atoms with Gasteiger partial charge in [0.05, 0.1) is 16.7 Å². The van der Waals surface area contributed by atoms with Crippen LogP contribution in [0.2, 0.25) is 5.02 Å². The van der Waals surface area contributed by atoms with Gasteiger partial charge in [-0.15, -0.1) is 0 Å². The zero-order chi connectivity index (χ0) is 13.9. The number of nitrogens with zero attached hydrogens (tertiary/aromatic N) is 1. The first-order valence-electron chi connectivity index (χ1n) is 5.97. The van der Waals surface area contributed by atoms with Gasteiger partial charge in [-0.25, -0.2) is 0 Å². The largest absolute Gasteiger partial charge is 0.487 e. The maximum Gasteiger partial charge on any atom is 0.231 e. The van der Waals surface area contributed by atoms with E-state index in [0.717, 1.165) is 17.1 Å². The third-order valence-electron chi connectivity index (χ3n) is 2.89. The average Bonchev–Trinajstić information content (AvgIpc) is 2.93. The maximum absolute atomic E-state index is 8.78. The van der Waals surface area contributed by atoms with Crippen LogP contribution in [0, 0.1) is 11.3 Å². The number of rotatable bonds is 3. The van der Waals surface area contributed by atoms with E-state index in [9.17, 15) is 0 Å². The van der Waals surface area contributed by atoms with E-state index in [0.29, 0.717) is 22.9 Å². The highest BCUT2D eigenvalue weighted by Crippen LogP contribution is 2.33. The summed E-state index contributed by atoms with van der Waals surface area (Å²) in [5.74, 6) is 2.01. The van der Waals surface area contributed by atoms with E-state index in [1.54, 1.807) is 18.2 Å². The monoisotopic (exact) mass is 287 g/mol. The van der Waals surface area contributed by atoms with Gasteiger partial charge in [0.25, 0.3) is 0 Å². The molecule has 100 valence electrons. The average molecular weight is 288 g/mol. The van der Waals surface area contributed by atoms with Crippen LogP contribution in [0.3, 0.4) is 0 Å². The van der Waals surface area contributed by atoms with Crippen LogP contribution in [0.1, 0.15) is 11.1 Å². The molecule has 0 radical (unpaired) electrons. The van der Waals surface area contributed by atoms with Gasteiger partial charge < -0.3 is 14.2 Å². The Kier molecular flexibility index (Phi) is 3.36. The Morgan fingerprint density at radius 3 is 2.80 bits per heavy atom. The minimum absolute atomic E-state index is 0.251. The summed E-state index contributed by atoms with van der Waals surface area (Å²) in [5.41, 5.74) is 1.46. The maximum atomic E-state index is 8.78. The molecule has 0 atom stereocenters. The van der Waals surface area contributed by atoms with Crippen molar-refractivity contribution in [2.75, 3.05) is 6.79 Å². The number of hydrogen-bond donors (Lipinski definition) is 0. The van der Waals surface area contributed by atoms with Gasteiger partial charge in [-0.1, -0.05) is 17.7 Å². The Morgan fingerprint density at radius 2 is 2.00 bits per heavy atom. The zero-order valence-electron chi connectivity index (χ0n) is 10.4. The van der Waals surface area contributed by atoms with E-state index in [2.05, 4.69) is 0 Å². The van der Waals surface area contributed by atoms with Gasteiger partial charge in [0.1, 0.15) is 12.4 Å². The van der Waals surface area contributed by atoms with Gasteiger partial charge in [-0.05, 0) is 35.9 Å². The SMILES string of the molecule is N#Cc1ccc(OCc2ccc3c(c2)OCO3)c(Cl)c1. The first-order valence-corrected chi connectivity index (χ1v) is 6.35. The van der Waals surface area contributed by atoms with Crippen molar-refractivity contribution in [3.8, 4) is 23.3 Å². The molecule has 0 saturated heterocycles. The molecule has 5 heteroatoms. The summed E-state index contributed by atoms with van der Waals surface area (Å²) in [6.07, 6.45) is 0. The summed E-state index contributed by atoms with van der Waals surface area (Å²) >= 11 is 6.05. The molecular formula is C15H10ClNO3. The van der Waals surface area contributed by atoms with Crippen molar-refractivity contribution in [1.82, 2.24) is 0 Å². The number of benzene rings is 2. The van der Waals surface area contributed by atoms with Crippen molar-refractivity contribution in [2.45, 2.75) is 6.61 Å². The highest BCUT2D eigenvalue weighted by atomic mass is 35.5. The van der Waals surface area contributed by atoms with Crippen molar-refractivity contribution in [1.29, 1.82) is 5.26 Å². The highest BCUT2D eigenvalue weighted by Gasteiger charge is 2.13. The minimum atomic E-state index is 0.251. The minimum Gasteiger partial charge on any atom is -0.487 e. The molecule has 0 fully saturated rings.